The third kappa shape index (κ3) is 18.0. The summed E-state index contributed by atoms with van der Waals surface area (Å²) in [6.45, 7) is 18.5. The van der Waals surface area contributed by atoms with Crippen molar-refractivity contribution < 1.29 is 29.2 Å². The molecule has 0 amide bonds. The van der Waals surface area contributed by atoms with Gasteiger partial charge in [0.25, 0.3) is 11.1 Å². The van der Waals surface area contributed by atoms with Crippen LogP contribution in [-0.4, -0.2) is 156 Å². The molecule has 8 rings (SSSR count). The number of aliphatic hydroxyl groups excluding tert-OH is 2. The van der Waals surface area contributed by atoms with Crippen LogP contribution in [0.25, 0.3) is 21.5 Å². The summed E-state index contributed by atoms with van der Waals surface area (Å²) in [6.07, 6.45) is 10.3. The highest BCUT2D eigenvalue weighted by Gasteiger charge is 2.23. The van der Waals surface area contributed by atoms with Crippen molar-refractivity contribution in [2.45, 2.75) is 104 Å². The molecule has 75 heavy (non-hydrogen) atoms. The van der Waals surface area contributed by atoms with E-state index in [1.54, 1.807) is 38.7 Å². The lowest BCUT2D eigenvalue weighted by Gasteiger charge is -2.31. The number of rotatable bonds is 19. The first kappa shape index (κ1) is 58.2. The number of methoxy groups -OCH3 is 2. The molecule has 6 aromatic rings. The van der Waals surface area contributed by atoms with Gasteiger partial charge in [-0.2, -0.15) is 0 Å². The average Bonchev–Trinajstić information content (AvgIpc) is 3.36. The molecule has 0 atom stereocenters. The van der Waals surface area contributed by atoms with Gasteiger partial charge in [-0.25, -0.2) is 29.9 Å². The number of aromatic nitrogens is 8. The number of nitrogens with one attached hydrogen (secondary N) is 5. The molecule has 2 aliphatic rings. The van der Waals surface area contributed by atoms with Gasteiger partial charge in [-0.3, -0.25) is 9.59 Å². The molecule has 0 aromatic carbocycles. The number of likely N-dealkylation sites (tertiary alicyclic amines) is 1. The average molecular weight is 1100 g/mol. The van der Waals surface area contributed by atoms with Crippen molar-refractivity contribution in [2.24, 2.45) is 0 Å². The second kappa shape index (κ2) is 28.2. The van der Waals surface area contributed by atoms with Crippen molar-refractivity contribution in [3.05, 3.63) is 82.2 Å². The maximum absolute atomic E-state index is 13.1. The second-order valence-corrected chi connectivity index (χ2v) is 20.9. The highest BCUT2D eigenvalue weighted by Crippen LogP contribution is 2.29. The number of pyridine rings is 4. The van der Waals surface area contributed by atoms with Crippen molar-refractivity contribution in [1.82, 2.24) is 49.3 Å². The SMILES string of the molecule is CC(C)(C)Nc1nc(Nc2cc(OC3CCNCC3)ncn2)cc2ccn(CCO)c(=O)c12.COCCBr.COCCN1CCC(Oc2cc(Nc3cc4ccn(CCO)c(=O)c4c(NC(C)(C)C)n3)ncn2)CC1. The Morgan fingerprint density at radius 1 is 0.640 bits per heavy atom. The van der Waals surface area contributed by atoms with Gasteiger partial charge < -0.3 is 69.8 Å². The third-order valence-corrected chi connectivity index (χ3v) is 12.0. The zero-order valence-corrected chi connectivity index (χ0v) is 46.1. The molecule has 2 fully saturated rings. The van der Waals surface area contributed by atoms with Crippen LogP contribution in [0.1, 0.15) is 67.2 Å². The van der Waals surface area contributed by atoms with Crippen LogP contribution in [0.4, 0.5) is 34.9 Å². The fourth-order valence-electron chi connectivity index (χ4n) is 8.20. The summed E-state index contributed by atoms with van der Waals surface area (Å²) in [5.41, 5.74) is -1.04. The molecule has 0 saturated carbocycles. The maximum atomic E-state index is 13.1. The number of piperidine rings is 2. The van der Waals surface area contributed by atoms with Crippen LogP contribution in [0, 0.1) is 0 Å². The second-order valence-electron chi connectivity index (χ2n) is 20.1. The van der Waals surface area contributed by atoms with Gasteiger partial charge in [0.05, 0.1) is 37.2 Å². The molecule has 22 nitrogen and oxygen atoms in total. The normalized spacial score (nSPS) is 14.6. The van der Waals surface area contributed by atoms with Gasteiger partial charge in [0.15, 0.2) is 0 Å². The number of aliphatic hydroxyl groups is 2. The largest absolute Gasteiger partial charge is 0.474 e. The predicted octanol–water partition coefficient (Wildman–Crippen LogP) is 5.91. The van der Waals surface area contributed by atoms with E-state index >= 15 is 0 Å². The number of ether oxygens (including phenoxy) is 4. The van der Waals surface area contributed by atoms with E-state index in [2.05, 4.69) is 77.1 Å². The number of hydrogen-bond acceptors (Lipinski definition) is 20. The molecule has 0 spiro atoms. The summed E-state index contributed by atoms with van der Waals surface area (Å²) >= 11 is 3.18. The van der Waals surface area contributed by atoms with Gasteiger partial charge in [0, 0.05) is 87.9 Å². The van der Waals surface area contributed by atoms with Gasteiger partial charge in [-0.15, -0.1) is 0 Å². The summed E-state index contributed by atoms with van der Waals surface area (Å²) in [7, 11) is 3.41. The molecular weight excluding hydrogens is 1030 g/mol. The number of fused-ring (bicyclic) bond motifs is 2. The van der Waals surface area contributed by atoms with E-state index in [1.165, 1.54) is 21.8 Å². The molecule has 0 unspecified atom stereocenters. The van der Waals surface area contributed by atoms with Crippen LogP contribution in [0.15, 0.2) is 71.0 Å². The molecule has 0 radical (unpaired) electrons. The van der Waals surface area contributed by atoms with Crippen molar-refractivity contribution in [3.8, 4) is 11.8 Å². The van der Waals surface area contributed by atoms with Gasteiger partial charge in [-0.1, -0.05) is 15.9 Å². The number of nitrogens with zero attached hydrogens (tertiary/aromatic N) is 9. The van der Waals surface area contributed by atoms with Crippen LogP contribution in [0.5, 0.6) is 11.8 Å². The quantitative estimate of drug-likeness (QED) is 0.0465. The first-order valence-corrected chi connectivity index (χ1v) is 26.5. The topological polar surface area (TPSA) is 262 Å². The minimum absolute atomic E-state index is 0.101. The fraction of sp³-hybridized carbons (Fsp3) is 0.538. The lowest BCUT2D eigenvalue weighted by atomic mass is 10.1. The van der Waals surface area contributed by atoms with Crippen molar-refractivity contribution in [3.63, 3.8) is 0 Å². The Morgan fingerprint density at radius 2 is 1.09 bits per heavy atom. The van der Waals surface area contributed by atoms with Gasteiger partial charge in [-0.05, 0) is 115 Å². The maximum Gasteiger partial charge on any atom is 0.262 e. The van der Waals surface area contributed by atoms with Gasteiger partial charge >= 0.3 is 0 Å². The molecule has 7 N–H and O–H groups in total. The molecule has 2 saturated heterocycles. The fourth-order valence-corrected chi connectivity index (χ4v) is 8.53. The van der Waals surface area contributed by atoms with Crippen molar-refractivity contribution in [1.29, 1.82) is 0 Å². The minimum atomic E-state index is -0.322. The summed E-state index contributed by atoms with van der Waals surface area (Å²) < 4.78 is 25.0. The van der Waals surface area contributed by atoms with Gasteiger partial charge in [0.1, 0.15) is 59.8 Å². The monoisotopic (exact) mass is 1100 g/mol. The molecule has 2 aliphatic heterocycles. The first-order valence-electron chi connectivity index (χ1n) is 25.3. The van der Waals surface area contributed by atoms with E-state index < -0.39 is 0 Å². The van der Waals surface area contributed by atoms with E-state index in [9.17, 15) is 19.8 Å². The molecule has 23 heteroatoms. The Kier molecular flexibility index (Phi) is 21.9. The number of anilines is 6. The number of alkyl halides is 1. The smallest absolute Gasteiger partial charge is 0.262 e. The molecule has 408 valence electrons. The Labute approximate surface area is 446 Å². The van der Waals surface area contributed by atoms with E-state index in [0.717, 1.165) is 87.7 Å². The first-order chi connectivity index (χ1) is 36.0. The molecular formula is C52H75BrN14O8. The molecule has 0 bridgehead atoms. The summed E-state index contributed by atoms with van der Waals surface area (Å²) in [5.74, 6) is 4.14. The minimum Gasteiger partial charge on any atom is -0.474 e. The lowest BCUT2D eigenvalue weighted by Crippen LogP contribution is -2.39. The zero-order chi connectivity index (χ0) is 54.0. The predicted molar refractivity (Wildman–Crippen MR) is 298 cm³/mol. The number of halogens is 1. The highest BCUT2D eigenvalue weighted by atomic mass is 79.9. The highest BCUT2D eigenvalue weighted by molar-refractivity contribution is 9.09. The summed E-state index contributed by atoms with van der Waals surface area (Å²) in [6, 6.07) is 10.8. The Morgan fingerprint density at radius 3 is 1.49 bits per heavy atom. The Bertz CT molecular complexity index is 2860. The molecule has 0 aliphatic carbocycles. The van der Waals surface area contributed by atoms with Crippen molar-refractivity contribution in [2.75, 3.05) is 100.0 Å². The van der Waals surface area contributed by atoms with E-state index in [-0.39, 0.29) is 60.7 Å². The third-order valence-electron chi connectivity index (χ3n) is 11.7. The van der Waals surface area contributed by atoms with Crippen LogP contribution in [0.3, 0.4) is 0 Å². The van der Waals surface area contributed by atoms with Crippen molar-refractivity contribution >= 4 is 72.4 Å². The molecule has 6 aromatic heterocycles. The standard InChI is InChI=1S/C26H37N7O4.C23H31N7O3.C3H7BrO/c1-26(2,3)31-24-23-18(5-10-33(11-13-34)25(23)35)15-21(30-24)29-20-16-22(28-17-27-20)37-19-6-8-32(9-7-19)12-14-36-4;1-23(2,3)29-21-20-15(6-9-30(10-11-31)22(20)32)12-18(28-21)27-17-13-19(26-14-25-17)33-16-4-7-24-8-5-16;1-5-3-2-4/h5,10,15-17,19,34H,6-9,11-14H2,1-4H3,(H2,27,28,29,30,31);6,9,12-14,16,24,31H,4-5,7-8,10-11H2,1-3H3,(H2,25,26,27,28,29);2-3H2,1H3. The van der Waals surface area contributed by atoms with Crippen LogP contribution >= 0.6 is 15.9 Å². The number of hydrogen-bond donors (Lipinski definition) is 7. The van der Waals surface area contributed by atoms with Gasteiger partial charge in [0.2, 0.25) is 11.8 Å². The van der Waals surface area contributed by atoms with E-state index in [0.29, 0.717) is 57.4 Å². The van der Waals surface area contributed by atoms with Crippen LogP contribution in [0.2, 0.25) is 0 Å². The van der Waals surface area contributed by atoms with Crippen LogP contribution in [-0.2, 0) is 22.6 Å². The lowest BCUT2D eigenvalue weighted by molar-refractivity contribution is 0.0772. The van der Waals surface area contributed by atoms with Crippen LogP contribution < -0.4 is 47.2 Å². The summed E-state index contributed by atoms with van der Waals surface area (Å²) in [5, 5.41) is 38.4. The molecule has 8 heterocycles. The Balaban J connectivity index is 0.000000225. The van der Waals surface area contributed by atoms with E-state index in [1.807, 2.05) is 65.8 Å². The summed E-state index contributed by atoms with van der Waals surface area (Å²) in [4.78, 5) is 55.1. The Hall–Kier alpha value is -6.08. The zero-order valence-electron chi connectivity index (χ0n) is 44.5. The van der Waals surface area contributed by atoms with E-state index in [4.69, 9.17) is 19.2 Å².